The van der Waals surface area contributed by atoms with Gasteiger partial charge >= 0.3 is 0 Å². The van der Waals surface area contributed by atoms with Crippen LogP contribution in [0.4, 0.5) is 0 Å². The molecule has 27 heavy (non-hydrogen) atoms. The first kappa shape index (κ1) is 19.2. The maximum atomic E-state index is 12.8. The Balaban J connectivity index is 1.67. The van der Waals surface area contributed by atoms with Gasteiger partial charge < -0.3 is 19.5 Å². The van der Waals surface area contributed by atoms with Gasteiger partial charge in [0.05, 0.1) is 32.5 Å². The summed E-state index contributed by atoms with van der Waals surface area (Å²) in [7, 11) is 0. The quantitative estimate of drug-likeness (QED) is 0.774. The lowest BCUT2D eigenvalue weighted by molar-refractivity contribution is 0.0924. The van der Waals surface area contributed by atoms with Crippen molar-refractivity contribution in [3.05, 3.63) is 53.9 Å². The Labute approximate surface area is 159 Å². The van der Waals surface area contributed by atoms with Crippen molar-refractivity contribution in [2.45, 2.75) is 26.3 Å². The largest absolute Gasteiger partial charge is 0.490 e. The molecule has 2 atom stereocenters. The van der Waals surface area contributed by atoms with Crippen LogP contribution < -0.4 is 14.8 Å². The lowest BCUT2D eigenvalue weighted by Crippen LogP contribution is -2.40. The summed E-state index contributed by atoms with van der Waals surface area (Å²) in [5, 5.41) is 3.11. The van der Waals surface area contributed by atoms with Crippen molar-refractivity contribution in [3.63, 3.8) is 0 Å². The molecule has 0 radical (unpaired) electrons. The minimum atomic E-state index is -0.130. The van der Waals surface area contributed by atoms with E-state index in [9.17, 15) is 4.79 Å². The smallest absolute Gasteiger partial charge is 0.251 e. The van der Waals surface area contributed by atoms with E-state index in [2.05, 4.69) is 10.3 Å². The van der Waals surface area contributed by atoms with Gasteiger partial charge in [-0.15, -0.1) is 0 Å². The molecule has 0 spiro atoms. The van der Waals surface area contributed by atoms with Crippen LogP contribution in [0.25, 0.3) is 0 Å². The number of benzene rings is 1. The van der Waals surface area contributed by atoms with Crippen molar-refractivity contribution >= 4 is 5.91 Å². The second-order valence-electron chi connectivity index (χ2n) is 6.46. The van der Waals surface area contributed by atoms with E-state index in [1.807, 2.05) is 26.0 Å². The van der Waals surface area contributed by atoms with Gasteiger partial charge in [0.15, 0.2) is 11.5 Å². The number of nitrogens with one attached hydrogen (secondary N) is 1. The van der Waals surface area contributed by atoms with Gasteiger partial charge in [-0.05, 0) is 56.2 Å². The maximum Gasteiger partial charge on any atom is 0.251 e. The number of amides is 1. The predicted octanol–water partition coefficient (Wildman–Crippen LogP) is 2.87. The number of carbonyl (C=O) groups is 1. The zero-order chi connectivity index (χ0) is 19.1. The van der Waals surface area contributed by atoms with Crippen LogP contribution in [0.5, 0.6) is 11.5 Å². The standard InChI is InChI=1S/C21H26N2O4/c1-3-26-19-6-5-16(12-20(19)27-4-2)21(24)23-18-14-25-13-17(18)11-15-7-9-22-10-8-15/h5-10,12,17-18H,3-4,11,13-14H2,1-2H3,(H,23,24)/t17-,18-/m1/s1. The molecule has 0 unspecified atom stereocenters. The lowest BCUT2D eigenvalue weighted by Gasteiger charge is -2.19. The topological polar surface area (TPSA) is 69.7 Å². The Morgan fingerprint density at radius 3 is 2.59 bits per heavy atom. The third-order valence-corrected chi connectivity index (χ3v) is 4.57. The summed E-state index contributed by atoms with van der Waals surface area (Å²) in [6.07, 6.45) is 4.42. The minimum absolute atomic E-state index is 0.0206. The van der Waals surface area contributed by atoms with Crippen LogP contribution in [0.2, 0.25) is 0 Å². The second kappa shape index (κ2) is 9.37. The van der Waals surface area contributed by atoms with Crippen LogP contribution in [0.15, 0.2) is 42.7 Å². The number of pyridine rings is 1. The molecule has 1 fully saturated rings. The molecule has 0 saturated carbocycles. The molecule has 2 heterocycles. The summed E-state index contributed by atoms with van der Waals surface area (Å²) in [6, 6.07) is 9.25. The summed E-state index contributed by atoms with van der Waals surface area (Å²) in [5.74, 6) is 1.35. The molecule has 1 aliphatic heterocycles. The zero-order valence-corrected chi connectivity index (χ0v) is 15.8. The van der Waals surface area contributed by atoms with E-state index in [0.717, 1.165) is 6.42 Å². The Bertz CT molecular complexity index is 751. The molecule has 1 saturated heterocycles. The van der Waals surface area contributed by atoms with E-state index in [1.165, 1.54) is 5.56 Å². The highest BCUT2D eigenvalue weighted by Gasteiger charge is 2.30. The fourth-order valence-electron chi connectivity index (χ4n) is 3.23. The molecule has 6 nitrogen and oxygen atoms in total. The van der Waals surface area contributed by atoms with Gasteiger partial charge in [0, 0.05) is 23.9 Å². The number of hydrogen-bond acceptors (Lipinski definition) is 5. The van der Waals surface area contributed by atoms with Crippen LogP contribution in [0, 0.1) is 5.92 Å². The molecule has 1 amide bonds. The van der Waals surface area contributed by atoms with Crippen molar-refractivity contribution in [1.82, 2.24) is 10.3 Å². The van der Waals surface area contributed by atoms with Crippen molar-refractivity contribution in [3.8, 4) is 11.5 Å². The number of nitrogens with zero attached hydrogens (tertiary/aromatic N) is 1. The molecule has 1 aromatic carbocycles. The zero-order valence-electron chi connectivity index (χ0n) is 15.8. The summed E-state index contributed by atoms with van der Waals surface area (Å²) in [4.78, 5) is 16.8. The molecule has 144 valence electrons. The number of aromatic nitrogens is 1. The van der Waals surface area contributed by atoms with Crippen molar-refractivity contribution in [1.29, 1.82) is 0 Å². The SMILES string of the molecule is CCOc1ccc(C(=O)N[C@@H]2COC[C@H]2Cc2ccncc2)cc1OCC. The van der Waals surface area contributed by atoms with Crippen LogP contribution in [0.3, 0.4) is 0 Å². The van der Waals surface area contributed by atoms with Gasteiger partial charge in [-0.2, -0.15) is 0 Å². The van der Waals surface area contributed by atoms with Crippen LogP contribution in [-0.4, -0.2) is 43.4 Å². The normalized spacial score (nSPS) is 18.9. The Kier molecular flexibility index (Phi) is 6.65. The number of hydrogen-bond donors (Lipinski definition) is 1. The van der Waals surface area contributed by atoms with E-state index in [1.54, 1.807) is 30.6 Å². The Morgan fingerprint density at radius 1 is 1.11 bits per heavy atom. The van der Waals surface area contributed by atoms with Gasteiger partial charge in [0.25, 0.3) is 5.91 Å². The van der Waals surface area contributed by atoms with Gasteiger partial charge in [-0.25, -0.2) is 0 Å². The molecule has 3 rings (SSSR count). The summed E-state index contributed by atoms with van der Waals surface area (Å²) >= 11 is 0. The fraction of sp³-hybridized carbons (Fsp3) is 0.429. The van der Waals surface area contributed by atoms with Gasteiger partial charge in [0.2, 0.25) is 0 Å². The molecular formula is C21H26N2O4. The minimum Gasteiger partial charge on any atom is -0.490 e. The highest BCUT2D eigenvalue weighted by Crippen LogP contribution is 2.29. The molecule has 0 aliphatic carbocycles. The van der Waals surface area contributed by atoms with E-state index in [-0.39, 0.29) is 17.9 Å². The molecule has 1 N–H and O–H groups in total. The molecule has 0 bridgehead atoms. The summed E-state index contributed by atoms with van der Waals surface area (Å²) in [5.41, 5.74) is 1.75. The van der Waals surface area contributed by atoms with Gasteiger partial charge in [0.1, 0.15) is 0 Å². The van der Waals surface area contributed by atoms with Crippen LogP contribution >= 0.6 is 0 Å². The average molecular weight is 370 g/mol. The molecule has 1 aliphatic rings. The second-order valence-corrected chi connectivity index (χ2v) is 6.46. The molecular weight excluding hydrogens is 344 g/mol. The first-order valence-electron chi connectivity index (χ1n) is 9.38. The molecule has 1 aromatic heterocycles. The third kappa shape index (κ3) is 4.98. The van der Waals surface area contributed by atoms with Crippen molar-refractivity contribution in [2.24, 2.45) is 5.92 Å². The lowest BCUT2D eigenvalue weighted by atomic mass is 9.95. The van der Waals surface area contributed by atoms with Crippen LogP contribution in [0.1, 0.15) is 29.8 Å². The Hall–Kier alpha value is -2.60. The van der Waals surface area contributed by atoms with E-state index in [4.69, 9.17) is 14.2 Å². The van der Waals surface area contributed by atoms with E-state index < -0.39 is 0 Å². The fourth-order valence-corrected chi connectivity index (χ4v) is 3.23. The summed E-state index contributed by atoms with van der Waals surface area (Å²) in [6.45, 7) is 6.04. The molecule has 2 aromatic rings. The van der Waals surface area contributed by atoms with Gasteiger partial charge in [-0.3, -0.25) is 9.78 Å². The average Bonchev–Trinajstić information content (AvgIpc) is 3.11. The maximum absolute atomic E-state index is 12.8. The molecule has 6 heteroatoms. The monoisotopic (exact) mass is 370 g/mol. The van der Waals surface area contributed by atoms with Gasteiger partial charge in [-0.1, -0.05) is 0 Å². The first-order valence-corrected chi connectivity index (χ1v) is 9.38. The number of carbonyl (C=O) groups excluding carboxylic acids is 1. The Morgan fingerprint density at radius 2 is 1.85 bits per heavy atom. The predicted molar refractivity (Wildman–Crippen MR) is 102 cm³/mol. The third-order valence-electron chi connectivity index (χ3n) is 4.57. The first-order chi connectivity index (χ1) is 13.2. The number of rotatable bonds is 8. The number of ether oxygens (including phenoxy) is 3. The van der Waals surface area contributed by atoms with E-state index >= 15 is 0 Å². The highest BCUT2D eigenvalue weighted by atomic mass is 16.5. The van der Waals surface area contributed by atoms with Crippen molar-refractivity contribution < 1.29 is 19.0 Å². The summed E-state index contributed by atoms with van der Waals surface area (Å²) < 4.78 is 16.8. The highest BCUT2D eigenvalue weighted by molar-refractivity contribution is 5.95. The van der Waals surface area contributed by atoms with E-state index in [0.29, 0.717) is 43.5 Å². The van der Waals surface area contributed by atoms with Crippen LogP contribution in [-0.2, 0) is 11.2 Å². The van der Waals surface area contributed by atoms with Crippen molar-refractivity contribution in [2.75, 3.05) is 26.4 Å².